The highest BCUT2D eigenvalue weighted by atomic mass is 28.4. The maximum Gasteiger partial charge on any atom is 0.192 e. The van der Waals surface area contributed by atoms with Crippen molar-refractivity contribution < 1.29 is 13.6 Å². The molecule has 0 atom stereocenters. The molecule has 0 heterocycles. The second-order valence-corrected chi connectivity index (χ2v) is 18.3. The van der Waals surface area contributed by atoms with Gasteiger partial charge in [0.05, 0.1) is 13.2 Å². The molecule has 5 heteroatoms. The second kappa shape index (κ2) is 6.42. The van der Waals surface area contributed by atoms with Crippen molar-refractivity contribution in [3.05, 3.63) is 0 Å². The zero-order valence-corrected chi connectivity index (χ0v) is 17.1. The van der Waals surface area contributed by atoms with Crippen molar-refractivity contribution in [1.82, 2.24) is 0 Å². The Kier molecular flexibility index (Phi) is 6.43. The number of hydrogen-bond donors (Lipinski definition) is 0. The molecule has 0 aromatic heterocycles. The van der Waals surface area contributed by atoms with Gasteiger partial charge in [0, 0.05) is 0 Å². The monoisotopic (exact) mass is 318 g/mol. The number of carbonyl (C=O) groups excluding carboxylic acids is 1. The minimum atomic E-state index is -1.84. The SMILES string of the molecule is CC(C)(C)[Si](C)(C)OCC(=O)CO[Si](C)(C)C(C)(C)C. The molecule has 0 saturated carbocycles. The number of ketones is 1. The van der Waals surface area contributed by atoms with E-state index >= 15 is 0 Å². The lowest BCUT2D eigenvalue weighted by Gasteiger charge is -2.37. The summed E-state index contributed by atoms with van der Waals surface area (Å²) in [6.45, 7) is 22.1. The molecule has 0 radical (unpaired) electrons. The zero-order valence-electron chi connectivity index (χ0n) is 15.1. The third-order valence-corrected chi connectivity index (χ3v) is 13.8. The van der Waals surface area contributed by atoms with E-state index in [2.05, 4.69) is 67.7 Å². The fraction of sp³-hybridized carbons (Fsp3) is 0.933. The van der Waals surface area contributed by atoms with Gasteiger partial charge < -0.3 is 8.85 Å². The van der Waals surface area contributed by atoms with Gasteiger partial charge in [0.15, 0.2) is 22.4 Å². The van der Waals surface area contributed by atoms with Crippen LogP contribution >= 0.6 is 0 Å². The average Bonchev–Trinajstić information content (AvgIpc) is 2.20. The van der Waals surface area contributed by atoms with Crippen LogP contribution in [0.5, 0.6) is 0 Å². The summed E-state index contributed by atoms with van der Waals surface area (Å²) < 4.78 is 11.9. The van der Waals surface area contributed by atoms with Gasteiger partial charge in [-0.2, -0.15) is 0 Å². The van der Waals surface area contributed by atoms with Crippen LogP contribution in [-0.2, 0) is 13.6 Å². The molecule has 0 aromatic rings. The van der Waals surface area contributed by atoms with Crippen molar-refractivity contribution in [2.75, 3.05) is 13.2 Å². The first-order valence-corrected chi connectivity index (χ1v) is 13.2. The van der Waals surface area contributed by atoms with Crippen LogP contribution in [0.1, 0.15) is 41.5 Å². The van der Waals surface area contributed by atoms with Crippen molar-refractivity contribution >= 4 is 22.4 Å². The van der Waals surface area contributed by atoms with E-state index in [0.717, 1.165) is 0 Å². The Bertz CT molecular complexity index is 304. The minimum absolute atomic E-state index is 0.0552. The molecule has 0 amide bonds. The van der Waals surface area contributed by atoms with Crippen molar-refractivity contribution in [3.63, 3.8) is 0 Å². The number of Topliss-reactive ketones (excluding diaryl/α,β-unsaturated/α-hetero) is 1. The van der Waals surface area contributed by atoms with Crippen molar-refractivity contribution in [2.24, 2.45) is 0 Å². The Balaban J connectivity index is 4.35. The highest BCUT2D eigenvalue weighted by molar-refractivity contribution is 6.74. The first-order chi connectivity index (χ1) is 8.60. The van der Waals surface area contributed by atoms with E-state index in [1.165, 1.54) is 0 Å². The molecule has 0 aliphatic heterocycles. The molecule has 0 rings (SSSR count). The van der Waals surface area contributed by atoms with Crippen LogP contribution in [0.2, 0.25) is 36.3 Å². The summed E-state index contributed by atoms with van der Waals surface area (Å²) in [6, 6.07) is 0. The van der Waals surface area contributed by atoms with Gasteiger partial charge in [0.2, 0.25) is 0 Å². The van der Waals surface area contributed by atoms with Crippen LogP contribution < -0.4 is 0 Å². The number of hydrogen-bond acceptors (Lipinski definition) is 3. The molecule has 0 saturated heterocycles. The van der Waals surface area contributed by atoms with Crippen molar-refractivity contribution in [3.8, 4) is 0 Å². The Morgan fingerprint density at radius 2 is 1.00 bits per heavy atom. The van der Waals surface area contributed by atoms with E-state index < -0.39 is 16.6 Å². The molecule has 0 aliphatic carbocycles. The lowest BCUT2D eigenvalue weighted by Crippen LogP contribution is -2.44. The lowest BCUT2D eigenvalue weighted by atomic mass is 10.2. The topological polar surface area (TPSA) is 35.5 Å². The standard InChI is InChI=1S/C15H34O3Si2/c1-14(2,3)19(7,8)17-11-13(16)12-18-20(9,10)15(4,5)6/h11-12H2,1-10H3. The molecule has 0 aromatic carbocycles. The highest BCUT2D eigenvalue weighted by Gasteiger charge is 2.39. The fourth-order valence-corrected chi connectivity index (χ4v) is 2.91. The molecule has 120 valence electrons. The van der Waals surface area contributed by atoms with Gasteiger partial charge in [-0.15, -0.1) is 0 Å². The zero-order chi connectivity index (χ0) is 16.4. The quantitative estimate of drug-likeness (QED) is 0.671. The summed E-state index contributed by atoms with van der Waals surface area (Å²) in [5, 5.41) is 0.265. The van der Waals surface area contributed by atoms with Crippen molar-refractivity contribution in [1.29, 1.82) is 0 Å². The van der Waals surface area contributed by atoms with E-state index in [1.807, 2.05) is 0 Å². The Morgan fingerprint density at radius 3 is 1.20 bits per heavy atom. The lowest BCUT2D eigenvalue weighted by molar-refractivity contribution is -0.123. The van der Waals surface area contributed by atoms with Crippen LogP contribution in [0, 0.1) is 0 Å². The molecule has 20 heavy (non-hydrogen) atoms. The number of carbonyl (C=O) groups is 1. The molecule has 3 nitrogen and oxygen atoms in total. The summed E-state index contributed by atoms with van der Waals surface area (Å²) >= 11 is 0. The molecular formula is C15H34O3Si2. The Labute approximate surface area is 127 Å². The second-order valence-electron chi connectivity index (χ2n) is 8.64. The summed E-state index contributed by atoms with van der Waals surface area (Å²) in [5.74, 6) is 0.0552. The van der Waals surface area contributed by atoms with Gasteiger partial charge in [0.1, 0.15) is 0 Å². The predicted octanol–water partition coefficient (Wildman–Crippen LogP) is 4.60. The van der Waals surface area contributed by atoms with Crippen LogP contribution in [0.4, 0.5) is 0 Å². The molecule has 0 spiro atoms. The summed E-state index contributed by atoms with van der Waals surface area (Å²) in [7, 11) is -3.69. The third kappa shape index (κ3) is 5.79. The average molecular weight is 319 g/mol. The Morgan fingerprint density at radius 1 is 0.750 bits per heavy atom. The van der Waals surface area contributed by atoms with Gasteiger partial charge in [-0.3, -0.25) is 4.79 Å². The molecule has 0 unspecified atom stereocenters. The van der Waals surface area contributed by atoms with E-state index in [-0.39, 0.29) is 29.1 Å². The van der Waals surface area contributed by atoms with Gasteiger partial charge in [-0.05, 0) is 36.3 Å². The van der Waals surface area contributed by atoms with Crippen molar-refractivity contribution in [2.45, 2.75) is 77.8 Å². The highest BCUT2D eigenvalue weighted by Crippen LogP contribution is 2.37. The molecule has 0 aliphatic rings. The van der Waals surface area contributed by atoms with Gasteiger partial charge >= 0.3 is 0 Å². The minimum Gasteiger partial charge on any atom is -0.409 e. The maximum absolute atomic E-state index is 12.0. The fourth-order valence-electron chi connectivity index (χ4n) is 0.997. The van der Waals surface area contributed by atoms with E-state index in [9.17, 15) is 4.79 Å². The molecular weight excluding hydrogens is 284 g/mol. The van der Waals surface area contributed by atoms with Gasteiger partial charge in [0.25, 0.3) is 0 Å². The summed E-state index contributed by atoms with van der Waals surface area (Å²) in [5.41, 5.74) is 0. The first-order valence-electron chi connectivity index (χ1n) is 7.40. The maximum atomic E-state index is 12.0. The van der Waals surface area contributed by atoms with Gasteiger partial charge in [-0.25, -0.2) is 0 Å². The van der Waals surface area contributed by atoms with Gasteiger partial charge in [-0.1, -0.05) is 41.5 Å². The normalized spacial score (nSPS) is 14.5. The smallest absolute Gasteiger partial charge is 0.192 e. The third-order valence-electron chi connectivity index (χ3n) is 4.80. The molecule has 0 fully saturated rings. The Hall–Kier alpha value is 0.0238. The van der Waals surface area contributed by atoms with Crippen LogP contribution in [-0.4, -0.2) is 35.6 Å². The first kappa shape index (κ1) is 20.0. The van der Waals surface area contributed by atoms with E-state index in [4.69, 9.17) is 8.85 Å². The summed E-state index contributed by atoms with van der Waals surface area (Å²) in [6.07, 6.45) is 0. The predicted molar refractivity (Wildman–Crippen MR) is 91.3 cm³/mol. The van der Waals surface area contributed by atoms with Crippen LogP contribution in [0.25, 0.3) is 0 Å². The van der Waals surface area contributed by atoms with Crippen LogP contribution in [0.3, 0.4) is 0 Å². The molecule has 0 N–H and O–H groups in total. The largest absolute Gasteiger partial charge is 0.409 e. The van der Waals surface area contributed by atoms with E-state index in [0.29, 0.717) is 0 Å². The number of rotatable bonds is 6. The van der Waals surface area contributed by atoms with Crippen LogP contribution in [0.15, 0.2) is 0 Å². The molecule has 0 bridgehead atoms. The van der Waals surface area contributed by atoms with E-state index in [1.54, 1.807) is 0 Å². The summed E-state index contributed by atoms with van der Waals surface area (Å²) in [4.78, 5) is 12.0.